The third-order valence-electron chi connectivity index (χ3n) is 4.14. The second kappa shape index (κ2) is 4.27. The molecule has 3 rings (SSSR count). The van der Waals surface area contributed by atoms with Crippen molar-refractivity contribution < 1.29 is 4.79 Å². The van der Waals surface area contributed by atoms with Gasteiger partial charge < -0.3 is 10.2 Å². The Balaban J connectivity index is 1.75. The Bertz CT molecular complexity index is 569. The SMILES string of the molecule is CN1C(=O)CCc2cc(NCC3(C#N)CC3)ccc21. The standard InChI is InChI=1S/C15H17N3O/c1-18-13-4-3-12(8-11(13)2-5-14(18)19)17-10-15(9-16)6-7-15/h3-4,8,17H,2,5-7,10H2,1H3. The number of nitrogens with one attached hydrogen (secondary N) is 1. The Morgan fingerprint density at radius 1 is 1.42 bits per heavy atom. The third kappa shape index (κ3) is 2.17. The second-order valence-electron chi connectivity index (χ2n) is 5.54. The minimum atomic E-state index is -0.136. The maximum Gasteiger partial charge on any atom is 0.227 e. The van der Waals surface area contributed by atoms with E-state index in [-0.39, 0.29) is 11.3 Å². The van der Waals surface area contributed by atoms with Gasteiger partial charge >= 0.3 is 0 Å². The molecular weight excluding hydrogens is 238 g/mol. The van der Waals surface area contributed by atoms with Crippen LogP contribution in [0.15, 0.2) is 18.2 Å². The van der Waals surface area contributed by atoms with Crippen LogP contribution in [0.2, 0.25) is 0 Å². The predicted molar refractivity (Wildman–Crippen MR) is 73.9 cm³/mol. The average Bonchev–Trinajstić information content (AvgIpc) is 3.21. The maximum atomic E-state index is 11.6. The monoisotopic (exact) mass is 255 g/mol. The summed E-state index contributed by atoms with van der Waals surface area (Å²) < 4.78 is 0. The molecule has 4 nitrogen and oxygen atoms in total. The van der Waals surface area contributed by atoms with E-state index < -0.39 is 0 Å². The van der Waals surface area contributed by atoms with Crippen molar-refractivity contribution in [1.82, 2.24) is 0 Å². The zero-order valence-corrected chi connectivity index (χ0v) is 11.1. The topological polar surface area (TPSA) is 56.1 Å². The number of carbonyl (C=O) groups is 1. The van der Waals surface area contributed by atoms with E-state index in [9.17, 15) is 4.79 Å². The normalized spacial score (nSPS) is 19.6. The summed E-state index contributed by atoms with van der Waals surface area (Å²) in [6, 6.07) is 8.46. The summed E-state index contributed by atoms with van der Waals surface area (Å²) in [4.78, 5) is 13.3. The van der Waals surface area contributed by atoms with Crippen LogP contribution in [0, 0.1) is 16.7 Å². The molecule has 1 aliphatic heterocycles. The molecule has 1 saturated carbocycles. The molecule has 0 aromatic heterocycles. The summed E-state index contributed by atoms with van der Waals surface area (Å²) in [5, 5.41) is 12.4. The van der Waals surface area contributed by atoms with Gasteiger partial charge in [0.1, 0.15) is 0 Å². The maximum absolute atomic E-state index is 11.6. The van der Waals surface area contributed by atoms with E-state index in [2.05, 4.69) is 17.5 Å². The number of aryl methyl sites for hydroxylation is 1. The smallest absolute Gasteiger partial charge is 0.227 e. The van der Waals surface area contributed by atoms with Crippen molar-refractivity contribution in [1.29, 1.82) is 5.26 Å². The molecule has 1 N–H and O–H groups in total. The molecule has 0 unspecified atom stereocenters. The molecule has 4 heteroatoms. The fraction of sp³-hybridized carbons (Fsp3) is 0.467. The lowest BCUT2D eigenvalue weighted by molar-refractivity contribution is -0.118. The van der Waals surface area contributed by atoms with Gasteiger partial charge in [-0.2, -0.15) is 5.26 Å². The highest BCUT2D eigenvalue weighted by Gasteiger charge is 2.42. The largest absolute Gasteiger partial charge is 0.383 e. The van der Waals surface area contributed by atoms with Crippen LogP contribution in [0.25, 0.3) is 0 Å². The van der Waals surface area contributed by atoms with Gasteiger partial charge in [-0.05, 0) is 43.0 Å². The van der Waals surface area contributed by atoms with Crippen LogP contribution in [0.1, 0.15) is 24.8 Å². The number of anilines is 2. The summed E-state index contributed by atoms with van der Waals surface area (Å²) in [6.45, 7) is 0.719. The summed E-state index contributed by atoms with van der Waals surface area (Å²) >= 11 is 0. The van der Waals surface area contributed by atoms with Gasteiger partial charge in [0.05, 0.1) is 11.5 Å². The summed E-state index contributed by atoms with van der Waals surface area (Å²) in [6.07, 6.45) is 3.38. The van der Waals surface area contributed by atoms with Crippen molar-refractivity contribution in [2.24, 2.45) is 5.41 Å². The lowest BCUT2D eigenvalue weighted by Crippen LogP contribution is -2.31. The molecule has 0 spiro atoms. The van der Waals surface area contributed by atoms with Crippen LogP contribution in [0.4, 0.5) is 11.4 Å². The van der Waals surface area contributed by atoms with Crippen molar-refractivity contribution in [2.75, 3.05) is 23.8 Å². The van der Waals surface area contributed by atoms with Crippen molar-refractivity contribution in [3.63, 3.8) is 0 Å². The van der Waals surface area contributed by atoms with E-state index in [4.69, 9.17) is 5.26 Å². The van der Waals surface area contributed by atoms with Crippen LogP contribution >= 0.6 is 0 Å². The van der Waals surface area contributed by atoms with E-state index >= 15 is 0 Å². The van der Waals surface area contributed by atoms with E-state index in [1.54, 1.807) is 4.90 Å². The van der Waals surface area contributed by atoms with Crippen molar-refractivity contribution in [3.05, 3.63) is 23.8 Å². The summed E-state index contributed by atoms with van der Waals surface area (Å²) in [5.41, 5.74) is 3.11. The number of benzene rings is 1. The molecule has 1 fully saturated rings. The summed E-state index contributed by atoms with van der Waals surface area (Å²) in [5.74, 6) is 0.176. The van der Waals surface area contributed by atoms with Crippen molar-refractivity contribution in [2.45, 2.75) is 25.7 Å². The van der Waals surface area contributed by atoms with Gasteiger partial charge in [0, 0.05) is 31.4 Å². The molecule has 1 aliphatic carbocycles. The highest BCUT2D eigenvalue weighted by molar-refractivity contribution is 5.96. The fourth-order valence-electron chi connectivity index (χ4n) is 2.52. The van der Waals surface area contributed by atoms with Gasteiger partial charge in [-0.1, -0.05) is 0 Å². The minimum absolute atomic E-state index is 0.136. The molecule has 1 amide bonds. The van der Waals surface area contributed by atoms with Gasteiger partial charge in [0.15, 0.2) is 0 Å². The Morgan fingerprint density at radius 2 is 2.21 bits per heavy atom. The molecule has 0 bridgehead atoms. The molecule has 2 aliphatic rings. The number of fused-ring (bicyclic) bond motifs is 1. The molecule has 1 aromatic carbocycles. The average molecular weight is 255 g/mol. The number of hydrogen-bond donors (Lipinski definition) is 1. The van der Waals surface area contributed by atoms with E-state index in [1.807, 2.05) is 19.2 Å². The Kier molecular flexibility index (Phi) is 2.70. The number of nitriles is 1. The zero-order valence-electron chi connectivity index (χ0n) is 11.1. The lowest BCUT2D eigenvalue weighted by Gasteiger charge is -2.26. The molecular formula is C15H17N3O. The van der Waals surface area contributed by atoms with Gasteiger partial charge in [-0.15, -0.1) is 0 Å². The fourth-order valence-corrected chi connectivity index (χ4v) is 2.52. The van der Waals surface area contributed by atoms with Gasteiger partial charge in [0.2, 0.25) is 5.91 Å². The minimum Gasteiger partial charge on any atom is -0.383 e. The third-order valence-corrected chi connectivity index (χ3v) is 4.14. The van der Waals surface area contributed by atoms with E-state index in [0.29, 0.717) is 6.42 Å². The first-order chi connectivity index (χ1) is 9.13. The first-order valence-corrected chi connectivity index (χ1v) is 6.68. The highest BCUT2D eigenvalue weighted by atomic mass is 16.2. The Hall–Kier alpha value is -2.02. The van der Waals surface area contributed by atoms with Crippen LogP contribution in [0.3, 0.4) is 0 Å². The number of amides is 1. The first kappa shape index (κ1) is 12.0. The van der Waals surface area contributed by atoms with E-state index in [1.165, 1.54) is 5.56 Å². The van der Waals surface area contributed by atoms with Crippen LogP contribution < -0.4 is 10.2 Å². The molecule has 1 aromatic rings. The molecule has 0 saturated heterocycles. The van der Waals surface area contributed by atoms with Gasteiger partial charge in [0.25, 0.3) is 0 Å². The van der Waals surface area contributed by atoms with Crippen LogP contribution in [-0.4, -0.2) is 19.5 Å². The summed E-state index contributed by atoms with van der Waals surface area (Å²) in [7, 11) is 1.82. The van der Waals surface area contributed by atoms with E-state index in [0.717, 1.165) is 37.2 Å². The van der Waals surface area contributed by atoms with Crippen LogP contribution in [0.5, 0.6) is 0 Å². The highest BCUT2D eigenvalue weighted by Crippen LogP contribution is 2.44. The Morgan fingerprint density at radius 3 is 2.89 bits per heavy atom. The number of nitrogens with zero attached hydrogens (tertiary/aromatic N) is 2. The Labute approximate surface area is 113 Å². The second-order valence-corrected chi connectivity index (χ2v) is 5.54. The molecule has 0 radical (unpaired) electrons. The van der Waals surface area contributed by atoms with Crippen LogP contribution in [-0.2, 0) is 11.2 Å². The zero-order chi connectivity index (χ0) is 13.5. The molecule has 1 heterocycles. The number of hydrogen-bond acceptors (Lipinski definition) is 3. The van der Waals surface area contributed by atoms with Crippen molar-refractivity contribution >= 4 is 17.3 Å². The number of rotatable bonds is 3. The van der Waals surface area contributed by atoms with Crippen molar-refractivity contribution in [3.8, 4) is 6.07 Å². The first-order valence-electron chi connectivity index (χ1n) is 6.68. The van der Waals surface area contributed by atoms with Gasteiger partial charge in [-0.25, -0.2) is 0 Å². The molecule has 19 heavy (non-hydrogen) atoms. The molecule has 0 atom stereocenters. The molecule has 98 valence electrons. The quantitative estimate of drug-likeness (QED) is 0.901. The number of carbonyl (C=O) groups excluding carboxylic acids is 1. The van der Waals surface area contributed by atoms with Gasteiger partial charge in [-0.3, -0.25) is 4.79 Å². The predicted octanol–water partition coefficient (Wildman–Crippen LogP) is 2.31. The lowest BCUT2D eigenvalue weighted by atomic mass is 10.0.